The second-order valence-corrected chi connectivity index (χ2v) is 14.3. The van der Waals surface area contributed by atoms with Gasteiger partial charge in [0.05, 0.1) is 65.5 Å². The predicted molar refractivity (Wildman–Crippen MR) is 229 cm³/mol. The Labute approximate surface area is 367 Å². The van der Waals surface area contributed by atoms with Crippen molar-refractivity contribution in [3.05, 3.63) is 101 Å². The molecule has 6 heterocycles. The van der Waals surface area contributed by atoms with E-state index in [4.69, 9.17) is 29.7 Å². The summed E-state index contributed by atoms with van der Waals surface area (Å²) in [6.45, 7) is 0.823. The van der Waals surface area contributed by atoms with Gasteiger partial charge >= 0.3 is 19.5 Å². The van der Waals surface area contributed by atoms with Crippen LogP contribution >= 0.6 is 15.9 Å². The molecule has 64 heavy (non-hydrogen) atoms. The number of imidazole rings is 2. The van der Waals surface area contributed by atoms with Gasteiger partial charge in [0.15, 0.2) is 22.9 Å². The Morgan fingerprint density at radius 3 is 1.59 bits per heavy atom. The summed E-state index contributed by atoms with van der Waals surface area (Å²) in [7, 11) is 1.54. The molecule has 0 saturated heterocycles. The van der Waals surface area contributed by atoms with Crippen LogP contribution < -0.4 is 25.6 Å². The summed E-state index contributed by atoms with van der Waals surface area (Å²) >= 11 is 3.34. The minimum atomic E-state index is -4.48. The van der Waals surface area contributed by atoms with E-state index < -0.39 is 30.6 Å². The monoisotopic (exact) mass is 958 g/mol. The van der Waals surface area contributed by atoms with Gasteiger partial charge < -0.3 is 40.4 Å². The molecule has 336 valence electrons. The van der Waals surface area contributed by atoms with Crippen molar-refractivity contribution in [2.45, 2.75) is 25.2 Å². The Hall–Kier alpha value is -6.34. The molecule has 0 aliphatic heterocycles. The molecular formula is C40H38BBrF6N10O6. The molecule has 0 aliphatic rings. The van der Waals surface area contributed by atoms with E-state index in [9.17, 15) is 26.3 Å². The first-order valence-corrected chi connectivity index (χ1v) is 19.9. The van der Waals surface area contributed by atoms with E-state index in [-0.39, 0.29) is 24.2 Å². The van der Waals surface area contributed by atoms with Crippen molar-refractivity contribution in [1.29, 1.82) is 0 Å². The number of hydrogen-bond acceptors (Lipinski definition) is 14. The number of hydrogen-bond donors (Lipinski definition) is 6. The van der Waals surface area contributed by atoms with Crippen LogP contribution in [-0.4, -0.2) is 107 Å². The zero-order valence-electron chi connectivity index (χ0n) is 33.7. The number of nitrogens with one attached hydrogen (secondary N) is 2. The van der Waals surface area contributed by atoms with Crippen molar-refractivity contribution < 1.29 is 56.1 Å². The average molecular weight is 960 g/mol. The van der Waals surface area contributed by atoms with Gasteiger partial charge in [0, 0.05) is 55.8 Å². The van der Waals surface area contributed by atoms with Crippen molar-refractivity contribution in [1.82, 2.24) is 38.7 Å². The van der Waals surface area contributed by atoms with Gasteiger partial charge in [-0.25, -0.2) is 29.9 Å². The van der Waals surface area contributed by atoms with Crippen molar-refractivity contribution in [2.75, 3.05) is 51.2 Å². The standard InChI is InChI=1S/C20H18F3N5O2.C14H12BrF3N4O.C6H8BNO3/c1-30-17-6-3-12(10-25-17)16-11-26-19-18(24-7-2-8-29)27-14-9-13(20(21,22)23)4-5-15(14)28(16)19;15-11-7-20-13-12(19-4-1-5-23)21-9-6-8(14(16,17)18)2-3-10(9)22(11)13;1-11-6-3-2-5(4-8-6)7(9)10/h3-6,9-11,29H,2,7-8H2,1H3,(H,24,27);2-3,6-7,23H,1,4-5H2,(H,19,21);2-4,9-10H,1H3. The lowest BCUT2D eigenvalue weighted by molar-refractivity contribution is -0.138. The number of benzene rings is 2. The number of anilines is 2. The summed E-state index contributed by atoms with van der Waals surface area (Å²) in [5.74, 6) is 1.61. The Kier molecular flexibility index (Phi) is 15.1. The van der Waals surface area contributed by atoms with Crippen LogP contribution in [0.1, 0.15) is 24.0 Å². The Morgan fingerprint density at radius 2 is 1.14 bits per heavy atom. The van der Waals surface area contributed by atoms with Crippen LogP contribution in [-0.2, 0) is 12.4 Å². The number of nitrogens with zero attached hydrogens (tertiary/aromatic N) is 8. The largest absolute Gasteiger partial charge is 0.490 e. The first-order valence-electron chi connectivity index (χ1n) is 19.1. The van der Waals surface area contributed by atoms with E-state index in [1.807, 2.05) is 0 Å². The highest BCUT2D eigenvalue weighted by molar-refractivity contribution is 9.10. The molecule has 0 radical (unpaired) electrons. The number of rotatable bonds is 12. The van der Waals surface area contributed by atoms with E-state index in [0.29, 0.717) is 87.4 Å². The van der Waals surface area contributed by atoms with Gasteiger partial charge in [-0.05, 0) is 77.3 Å². The highest BCUT2D eigenvalue weighted by Gasteiger charge is 2.32. The second-order valence-electron chi connectivity index (χ2n) is 13.5. The summed E-state index contributed by atoms with van der Waals surface area (Å²) in [4.78, 5) is 25.3. The molecule has 8 rings (SSSR count). The molecule has 0 saturated carbocycles. The summed E-state index contributed by atoms with van der Waals surface area (Å²) in [5, 5.41) is 41.2. The fourth-order valence-electron chi connectivity index (χ4n) is 6.12. The topological polar surface area (TPSA) is 210 Å². The minimum Gasteiger partial charge on any atom is -0.481 e. The first kappa shape index (κ1) is 47.2. The number of aromatic nitrogens is 8. The molecule has 8 aromatic rings. The lowest BCUT2D eigenvalue weighted by atomic mass is 9.82. The van der Waals surface area contributed by atoms with Crippen LogP contribution in [0, 0.1) is 0 Å². The molecule has 2 aromatic carbocycles. The molecule has 0 unspecified atom stereocenters. The minimum absolute atomic E-state index is 0.00717. The predicted octanol–water partition coefficient (Wildman–Crippen LogP) is 5.99. The number of methoxy groups -OCH3 is 2. The first-order chi connectivity index (χ1) is 30.6. The maximum atomic E-state index is 13.2. The molecule has 0 aliphatic carbocycles. The number of fused-ring (bicyclic) bond motifs is 6. The van der Waals surface area contributed by atoms with Gasteiger partial charge in [-0.15, -0.1) is 0 Å². The van der Waals surface area contributed by atoms with Crippen molar-refractivity contribution in [3.63, 3.8) is 0 Å². The molecule has 0 fully saturated rings. The zero-order chi connectivity index (χ0) is 46.2. The molecule has 6 N–H and O–H groups in total. The van der Waals surface area contributed by atoms with E-state index in [2.05, 4.69) is 56.5 Å². The fraction of sp³-hybridized carbons (Fsp3) is 0.250. The summed E-state index contributed by atoms with van der Waals surface area (Å²) in [6, 6.07) is 13.4. The molecule has 0 bridgehead atoms. The molecule has 6 aromatic heterocycles. The third-order valence-corrected chi connectivity index (χ3v) is 9.78. The lowest BCUT2D eigenvalue weighted by Crippen LogP contribution is -2.29. The van der Waals surface area contributed by atoms with Gasteiger partial charge in [0.2, 0.25) is 11.8 Å². The zero-order valence-corrected chi connectivity index (χ0v) is 35.3. The Balaban J connectivity index is 0.000000176. The van der Waals surface area contributed by atoms with E-state index in [0.717, 1.165) is 29.8 Å². The third-order valence-electron chi connectivity index (χ3n) is 9.22. The Morgan fingerprint density at radius 1 is 0.641 bits per heavy atom. The maximum Gasteiger partial charge on any atom is 0.490 e. The van der Waals surface area contributed by atoms with Gasteiger partial charge in [0.25, 0.3) is 0 Å². The van der Waals surface area contributed by atoms with E-state index in [1.165, 1.54) is 38.6 Å². The van der Waals surface area contributed by atoms with Crippen molar-refractivity contribution in [2.24, 2.45) is 0 Å². The molecule has 0 atom stereocenters. The Bertz CT molecular complexity index is 2830. The molecule has 16 nitrogen and oxygen atoms in total. The summed E-state index contributed by atoms with van der Waals surface area (Å²) in [5.41, 5.74) is 2.53. The number of ether oxygens (including phenoxy) is 2. The van der Waals surface area contributed by atoms with Gasteiger partial charge in [-0.1, -0.05) is 6.07 Å². The molecular weight excluding hydrogens is 921 g/mol. The number of halogens is 7. The number of pyridine rings is 2. The summed E-state index contributed by atoms with van der Waals surface area (Å²) in [6.07, 6.45) is -1.81. The number of aliphatic hydroxyl groups excluding tert-OH is 2. The maximum absolute atomic E-state index is 13.2. The highest BCUT2D eigenvalue weighted by atomic mass is 79.9. The van der Waals surface area contributed by atoms with Crippen LogP contribution in [0.25, 0.3) is 44.6 Å². The van der Waals surface area contributed by atoms with Crippen LogP contribution in [0.4, 0.5) is 38.0 Å². The third kappa shape index (κ3) is 10.9. The highest BCUT2D eigenvalue weighted by Crippen LogP contribution is 2.35. The van der Waals surface area contributed by atoms with E-state index in [1.54, 1.807) is 45.6 Å². The van der Waals surface area contributed by atoms with Gasteiger partial charge in [-0.2, -0.15) is 26.3 Å². The summed E-state index contributed by atoms with van der Waals surface area (Å²) < 4.78 is 92.3. The van der Waals surface area contributed by atoms with Crippen molar-refractivity contribution in [3.8, 4) is 23.0 Å². The molecule has 0 amide bonds. The van der Waals surface area contributed by atoms with Gasteiger partial charge in [-0.3, -0.25) is 8.80 Å². The molecule has 0 spiro atoms. The number of aliphatic hydroxyl groups is 2. The SMILES string of the molecule is COc1ccc(-c2cnc3c(NCCCO)nc4cc(C(F)(F)F)ccc4n23)cn1.COc1ccc(B(O)O)cn1.OCCCNc1nc2cc(C(F)(F)F)ccc2n2c(Br)cnc12. The van der Waals surface area contributed by atoms with Crippen LogP contribution in [0.2, 0.25) is 0 Å². The molecule has 24 heteroatoms. The van der Waals surface area contributed by atoms with Crippen molar-refractivity contribution >= 4 is 73.5 Å². The van der Waals surface area contributed by atoms with Crippen LogP contribution in [0.15, 0.2) is 90.1 Å². The smallest absolute Gasteiger partial charge is 0.481 e. The lowest BCUT2D eigenvalue weighted by Gasteiger charge is -2.13. The number of alkyl halides is 6. The van der Waals surface area contributed by atoms with Crippen LogP contribution in [0.5, 0.6) is 11.8 Å². The average Bonchev–Trinajstić information content (AvgIpc) is 3.91. The van der Waals surface area contributed by atoms with Gasteiger partial charge in [0.1, 0.15) is 4.60 Å². The normalized spacial score (nSPS) is 11.6. The second kappa shape index (κ2) is 20.4. The fourth-order valence-corrected chi connectivity index (χ4v) is 6.58. The quantitative estimate of drug-likeness (QED) is 0.0472. The van der Waals surface area contributed by atoms with E-state index >= 15 is 0 Å². The van der Waals surface area contributed by atoms with Crippen LogP contribution in [0.3, 0.4) is 0 Å².